The van der Waals surface area contributed by atoms with E-state index in [0.29, 0.717) is 0 Å². The fraction of sp³-hybridized carbons (Fsp3) is 0. The van der Waals surface area contributed by atoms with Crippen molar-refractivity contribution in [1.29, 1.82) is 0 Å². The van der Waals surface area contributed by atoms with Gasteiger partial charge in [-0.3, -0.25) is 0 Å². The highest BCUT2D eigenvalue weighted by atomic mass is 14.2. The molecule has 0 heteroatoms. The first-order valence-corrected chi connectivity index (χ1v) is 16.7. The van der Waals surface area contributed by atoms with Crippen LogP contribution in [0.15, 0.2) is 182 Å². The van der Waals surface area contributed by atoms with E-state index in [1.54, 1.807) is 0 Å². The summed E-state index contributed by atoms with van der Waals surface area (Å²) in [6.45, 7) is 0. The van der Waals surface area contributed by atoms with Crippen LogP contribution in [0.2, 0.25) is 0 Å². The average Bonchev–Trinajstić information content (AvgIpc) is 3.16. The van der Waals surface area contributed by atoms with Gasteiger partial charge < -0.3 is 0 Å². The summed E-state index contributed by atoms with van der Waals surface area (Å²) in [7, 11) is 0. The van der Waals surface area contributed by atoms with Crippen LogP contribution in [0.3, 0.4) is 0 Å². The van der Waals surface area contributed by atoms with Gasteiger partial charge in [0.25, 0.3) is 0 Å². The summed E-state index contributed by atoms with van der Waals surface area (Å²) in [5.74, 6) is 0. The normalized spacial score (nSPS) is 11.8. The number of hydrogen-bond acceptors (Lipinski definition) is 0. The molecule has 0 radical (unpaired) electrons. The largest absolute Gasteiger partial charge is 0.0622 e. The van der Waals surface area contributed by atoms with E-state index < -0.39 is 0 Å². The number of hydrogen-bond donors (Lipinski definition) is 0. The highest BCUT2D eigenvalue weighted by molar-refractivity contribution is 6.26. The first-order valence-electron chi connectivity index (χ1n) is 16.7. The Labute approximate surface area is 279 Å². The van der Waals surface area contributed by atoms with Crippen LogP contribution in [0, 0.1) is 0 Å². The number of benzene rings is 10. The number of rotatable bonds is 3. The zero-order chi connectivity index (χ0) is 31.6. The van der Waals surface area contributed by atoms with Gasteiger partial charge in [-0.05, 0) is 116 Å². The summed E-state index contributed by atoms with van der Waals surface area (Å²) in [6, 6.07) is 67.1. The molecule has 0 N–H and O–H groups in total. The Hall–Kier alpha value is -6.24. The Morgan fingerprint density at radius 2 is 0.646 bits per heavy atom. The molecule has 48 heavy (non-hydrogen) atoms. The van der Waals surface area contributed by atoms with Crippen LogP contribution in [-0.4, -0.2) is 0 Å². The Morgan fingerprint density at radius 3 is 1.29 bits per heavy atom. The van der Waals surface area contributed by atoms with Crippen molar-refractivity contribution in [3.05, 3.63) is 182 Å². The molecule has 0 aliphatic heterocycles. The predicted octanol–water partition coefficient (Wildman–Crippen LogP) is 13.6. The second-order valence-corrected chi connectivity index (χ2v) is 12.8. The Balaban J connectivity index is 1.28. The lowest BCUT2D eigenvalue weighted by atomic mass is 9.83. The molecule has 10 aromatic carbocycles. The van der Waals surface area contributed by atoms with E-state index in [4.69, 9.17) is 0 Å². The molecule has 0 atom stereocenters. The van der Waals surface area contributed by atoms with Crippen LogP contribution in [0.5, 0.6) is 0 Å². The lowest BCUT2D eigenvalue weighted by Gasteiger charge is -2.20. The Bertz CT molecular complexity index is 2820. The van der Waals surface area contributed by atoms with Gasteiger partial charge in [-0.15, -0.1) is 0 Å². The van der Waals surface area contributed by atoms with Crippen molar-refractivity contribution in [3.8, 4) is 33.4 Å². The van der Waals surface area contributed by atoms with Crippen molar-refractivity contribution < 1.29 is 0 Å². The van der Waals surface area contributed by atoms with Crippen molar-refractivity contribution in [1.82, 2.24) is 0 Å². The van der Waals surface area contributed by atoms with E-state index in [2.05, 4.69) is 182 Å². The molecule has 0 saturated heterocycles. The third-order valence-corrected chi connectivity index (χ3v) is 10.2. The highest BCUT2D eigenvalue weighted by Gasteiger charge is 2.19. The van der Waals surface area contributed by atoms with Gasteiger partial charge in [-0.2, -0.15) is 0 Å². The topological polar surface area (TPSA) is 0 Å². The van der Waals surface area contributed by atoms with Gasteiger partial charge in [-0.25, -0.2) is 0 Å². The van der Waals surface area contributed by atoms with Gasteiger partial charge in [0.2, 0.25) is 0 Å². The zero-order valence-electron chi connectivity index (χ0n) is 26.3. The van der Waals surface area contributed by atoms with Gasteiger partial charge >= 0.3 is 0 Å². The summed E-state index contributed by atoms with van der Waals surface area (Å²) in [6.07, 6.45) is 0. The monoisotopic (exact) mass is 606 g/mol. The maximum absolute atomic E-state index is 2.43. The molecule has 0 saturated carbocycles. The average molecular weight is 607 g/mol. The fourth-order valence-corrected chi connectivity index (χ4v) is 8.10. The van der Waals surface area contributed by atoms with Crippen molar-refractivity contribution >= 4 is 64.6 Å². The first kappa shape index (κ1) is 26.9. The van der Waals surface area contributed by atoms with Gasteiger partial charge in [0, 0.05) is 0 Å². The SMILES string of the molecule is c1ccc(-c2c3ccccc3c(-c3cc4ccc(-c5cc6ccccc6c6ccccc56)cc4c4ccccc34)c3ccccc23)cc1. The summed E-state index contributed by atoms with van der Waals surface area (Å²) in [5, 5.41) is 15.3. The van der Waals surface area contributed by atoms with Crippen LogP contribution in [0.4, 0.5) is 0 Å². The maximum Gasteiger partial charge on any atom is -0.00199 e. The molecule has 0 aliphatic rings. The summed E-state index contributed by atoms with van der Waals surface area (Å²) in [4.78, 5) is 0. The van der Waals surface area contributed by atoms with Gasteiger partial charge in [0.1, 0.15) is 0 Å². The quantitative estimate of drug-likeness (QED) is 0.139. The molecule has 222 valence electrons. The first-order chi connectivity index (χ1) is 23.8. The predicted molar refractivity (Wildman–Crippen MR) is 208 cm³/mol. The van der Waals surface area contributed by atoms with Crippen LogP contribution in [0.1, 0.15) is 0 Å². The minimum Gasteiger partial charge on any atom is -0.0622 e. The smallest absolute Gasteiger partial charge is 0.00199 e. The molecule has 10 rings (SSSR count). The lowest BCUT2D eigenvalue weighted by Crippen LogP contribution is -1.92. The molecule has 0 aromatic heterocycles. The second-order valence-electron chi connectivity index (χ2n) is 12.8. The lowest BCUT2D eigenvalue weighted by molar-refractivity contribution is 1.66. The van der Waals surface area contributed by atoms with E-state index in [1.165, 1.54) is 98.0 Å². The Morgan fingerprint density at radius 1 is 0.208 bits per heavy atom. The van der Waals surface area contributed by atoms with Crippen molar-refractivity contribution in [2.75, 3.05) is 0 Å². The summed E-state index contributed by atoms with van der Waals surface area (Å²) in [5.41, 5.74) is 7.62. The minimum atomic E-state index is 1.24. The molecule has 0 heterocycles. The van der Waals surface area contributed by atoms with E-state index in [-0.39, 0.29) is 0 Å². The van der Waals surface area contributed by atoms with Gasteiger partial charge in [0.05, 0.1) is 0 Å². The molecule has 0 amide bonds. The van der Waals surface area contributed by atoms with E-state index in [9.17, 15) is 0 Å². The van der Waals surface area contributed by atoms with Crippen LogP contribution in [-0.2, 0) is 0 Å². The zero-order valence-corrected chi connectivity index (χ0v) is 26.3. The van der Waals surface area contributed by atoms with E-state index in [1.807, 2.05) is 0 Å². The molecule has 0 nitrogen and oxygen atoms in total. The van der Waals surface area contributed by atoms with E-state index >= 15 is 0 Å². The molecular weight excluding hydrogens is 577 g/mol. The van der Waals surface area contributed by atoms with Crippen LogP contribution in [0.25, 0.3) is 98.0 Å². The van der Waals surface area contributed by atoms with Gasteiger partial charge in [-0.1, -0.05) is 164 Å². The molecule has 0 aliphatic carbocycles. The standard InChI is InChI=1S/C48H30/c1-2-14-31(15-3-1)47-40-22-10-12-24-42(40)48(43-25-13-11-23-41(43)47)46-30-34-27-26-33(29-45(34)38-20-8-9-21-39(38)46)44-28-32-16-4-5-17-35(32)36-18-6-7-19-37(36)44/h1-30H. The Kier molecular flexibility index (Phi) is 5.98. The van der Waals surface area contributed by atoms with Crippen molar-refractivity contribution in [2.45, 2.75) is 0 Å². The van der Waals surface area contributed by atoms with Crippen molar-refractivity contribution in [3.63, 3.8) is 0 Å². The highest BCUT2D eigenvalue weighted by Crippen LogP contribution is 2.47. The minimum absolute atomic E-state index is 1.24. The third-order valence-electron chi connectivity index (χ3n) is 10.2. The fourth-order valence-electron chi connectivity index (χ4n) is 8.10. The molecule has 10 aromatic rings. The molecular formula is C48H30. The molecule has 0 unspecified atom stereocenters. The van der Waals surface area contributed by atoms with Crippen LogP contribution < -0.4 is 0 Å². The maximum atomic E-state index is 2.43. The number of fused-ring (bicyclic) bond motifs is 8. The van der Waals surface area contributed by atoms with Gasteiger partial charge in [0.15, 0.2) is 0 Å². The summed E-state index contributed by atoms with van der Waals surface area (Å²) >= 11 is 0. The summed E-state index contributed by atoms with van der Waals surface area (Å²) < 4.78 is 0. The molecule has 0 fully saturated rings. The van der Waals surface area contributed by atoms with Crippen molar-refractivity contribution in [2.24, 2.45) is 0 Å². The third kappa shape index (κ3) is 4.03. The van der Waals surface area contributed by atoms with E-state index in [0.717, 1.165) is 0 Å². The molecule has 0 bridgehead atoms. The molecule has 0 spiro atoms. The second kappa shape index (κ2) is 10.7. The van der Waals surface area contributed by atoms with Crippen LogP contribution >= 0.6 is 0 Å².